The monoisotopic (exact) mass is 286 g/mol. The van der Waals surface area contributed by atoms with Crippen molar-refractivity contribution in [2.75, 3.05) is 0 Å². The topological polar surface area (TPSA) is 99.3 Å². The van der Waals surface area contributed by atoms with Gasteiger partial charge in [-0.1, -0.05) is 24.3 Å². The van der Waals surface area contributed by atoms with Crippen LogP contribution in [0.1, 0.15) is 0 Å². The van der Waals surface area contributed by atoms with Gasteiger partial charge in [0.1, 0.15) is 17.2 Å². The molecule has 0 radical (unpaired) electrons. The molecule has 2 rings (SSSR count). The van der Waals surface area contributed by atoms with Crippen LogP contribution >= 0.6 is 10.7 Å². The molecule has 18 heavy (non-hydrogen) atoms. The van der Waals surface area contributed by atoms with E-state index in [0.29, 0.717) is 10.8 Å². The Balaban J connectivity index is 2.74. The standard InChI is InChI=1S/C10H7ClN2O4S/c11-18(16,17)13-12-10-7-4-2-1-3-6(7)8(14)5-9(10)15/h1-5,14-15H. The minimum Gasteiger partial charge on any atom is -0.507 e. The van der Waals surface area contributed by atoms with Crippen molar-refractivity contribution in [3.63, 3.8) is 0 Å². The van der Waals surface area contributed by atoms with E-state index < -0.39 is 15.0 Å². The molecule has 6 nitrogen and oxygen atoms in total. The lowest BCUT2D eigenvalue weighted by Gasteiger charge is -2.05. The fourth-order valence-electron chi connectivity index (χ4n) is 1.52. The Kier molecular flexibility index (Phi) is 3.10. The predicted octanol–water partition coefficient (Wildman–Crippen LogP) is 2.82. The van der Waals surface area contributed by atoms with Crippen molar-refractivity contribution < 1.29 is 18.6 Å². The van der Waals surface area contributed by atoms with E-state index in [2.05, 4.69) is 9.63 Å². The van der Waals surface area contributed by atoms with Crippen LogP contribution in [0.4, 0.5) is 5.69 Å². The maximum absolute atomic E-state index is 10.7. The Hall–Kier alpha value is -1.86. The number of benzene rings is 2. The Bertz CT molecular complexity index is 743. The highest BCUT2D eigenvalue weighted by Gasteiger charge is 2.11. The number of phenols is 2. The number of phenolic OH excluding ortho intramolecular Hbond substituents is 2. The van der Waals surface area contributed by atoms with Crippen molar-refractivity contribution in [3.05, 3.63) is 30.3 Å². The molecule has 94 valence electrons. The van der Waals surface area contributed by atoms with Crippen LogP contribution < -0.4 is 0 Å². The first-order chi connectivity index (χ1) is 8.38. The van der Waals surface area contributed by atoms with Crippen molar-refractivity contribution >= 4 is 36.4 Å². The van der Waals surface area contributed by atoms with Gasteiger partial charge in [0.05, 0.1) is 0 Å². The third-order valence-electron chi connectivity index (χ3n) is 2.21. The highest BCUT2D eigenvalue weighted by Crippen LogP contribution is 2.40. The molecule has 2 N–H and O–H groups in total. The van der Waals surface area contributed by atoms with Gasteiger partial charge in [-0.05, 0) is 4.52 Å². The minimum absolute atomic E-state index is 0.0763. The lowest BCUT2D eigenvalue weighted by Crippen LogP contribution is -1.80. The van der Waals surface area contributed by atoms with Crippen LogP contribution in [-0.2, 0) is 9.24 Å². The first-order valence-electron chi connectivity index (χ1n) is 4.70. The van der Waals surface area contributed by atoms with Crippen molar-refractivity contribution in [1.29, 1.82) is 0 Å². The summed E-state index contributed by atoms with van der Waals surface area (Å²) in [6.45, 7) is 0. The first-order valence-corrected chi connectivity index (χ1v) is 6.96. The first kappa shape index (κ1) is 12.6. The molecule has 2 aromatic rings. The lowest BCUT2D eigenvalue weighted by molar-refractivity contribution is 0.456. The number of rotatable bonds is 2. The highest BCUT2D eigenvalue weighted by atomic mass is 35.7. The molecule has 0 unspecified atom stereocenters. The van der Waals surface area contributed by atoms with Crippen molar-refractivity contribution in [2.45, 2.75) is 0 Å². The number of hydrogen-bond donors (Lipinski definition) is 2. The molecule has 0 aliphatic carbocycles. The Morgan fingerprint density at radius 3 is 2.28 bits per heavy atom. The van der Waals surface area contributed by atoms with Gasteiger partial charge in [0.2, 0.25) is 0 Å². The molecular formula is C10H7ClN2O4S. The van der Waals surface area contributed by atoms with Gasteiger partial charge in [0.15, 0.2) is 0 Å². The van der Waals surface area contributed by atoms with Crippen LogP contribution in [-0.4, -0.2) is 18.6 Å². The summed E-state index contributed by atoms with van der Waals surface area (Å²) in [5.41, 5.74) is -0.0763. The van der Waals surface area contributed by atoms with Gasteiger partial charge in [-0.15, -0.1) is 5.11 Å². The quantitative estimate of drug-likeness (QED) is 0.655. The SMILES string of the molecule is O=S(=O)(Cl)N=Nc1c(O)cc(O)c2ccccc12. The zero-order valence-corrected chi connectivity index (χ0v) is 10.4. The summed E-state index contributed by atoms with van der Waals surface area (Å²) < 4.78 is 24.3. The van der Waals surface area contributed by atoms with Crippen LogP contribution in [0.3, 0.4) is 0 Å². The van der Waals surface area contributed by atoms with E-state index in [9.17, 15) is 18.6 Å². The fourth-order valence-corrected chi connectivity index (χ4v) is 1.79. The second kappa shape index (κ2) is 4.43. The summed E-state index contributed by atoms with van der Waals surface area (Å²) in [5, 5.41) is 23.4. The van der Waals surface area contributed by atoms with Crippen molar-refractivity contribution in [2.24, 2.45) is 9.63 Å². The summed E-state index contributed by atoms with van der Waals surface area (Å²) in [6.07, 6.45) is 0. The second-order valence-corrected chi connectivity index (χ2v) is 5.56. The predicted molar refractivity (Wildman–Crippen MR) is 66.6 cm³/mol. The number of halogens is 1. The molecule has 0 saturated carbocycles. The average molecular weight is 287 g/mol. The van der Waals surface area contributed by atoms with Crippen LogP contribution in [0.25, 0.3) is 10.8 Å². The molecule has 0 atom stereocenters. The van der Waals surface area contributed by atoms with Gasteiger partial charge in [-0.3, -0.25) is 0 Å². The van der Waals surface area contributed by atoms with Crippen molar-refractivity contribution in [3.8, 4) is 11.5 Å². The average Bonchev–Trinajstić information content (AvgIpc) is 2.27. The minimum atomic E-state index is -4.16. The van der Waals surface area contributed by atoms with E-state index in [-0.39, 0.29) is 11.4 Å². The van der Waals surface area contributed by atoms with E-state index >= 15 is 0 Å². The summed E-state index contributed by atoms with van der Waals surface area (Å²) >= 11 is 0. The van der Waals surface area contributed by atoms with E-state index in [1.165, 1.54) is 0 Å². The maximum Gasteiger partial charge on any atom is 0.357 e. The van der Waals surface area contributed by atoms with Crippen molar-refractivity contribution in [1.82, 2.24) is 0 Å². The Morgan fingerprint density at radius 2 is 1.67 bits per heavy atom. The normalized spacial score (nSPS) is 12.3. The number of hydrogen-bond acceptors (Lipinski definition) is 5. The van der Waals surface area contributed by atoms with Crippen LogP contribution in [0.15, 0.2) is 40.0 Å². The van der Waals surface area contributed by atoms with Gasteiger partial charge < -0.3 is 10.2 Å². The molecule has 0 saturated heterocycles. The molecule has 0 spiro atoms. The molecule has 0 bridgehead atoms. The van der Waals surface area contributed by atoms with Crippen LogP contribution in [0.2, 0.25) is 0 Å². The Labute approximate surface area is 107 Å². The molecule has 0 aliphatic heterocycles. The van der Waals surface area contributed by atoms with Gasteiger partial charge in [-0.25, -0.2) is 0 Å². The number of fused-ring (bicyclic) bond motifs is 1. The molecular weight excluding hydrogens is 280 g/mol. The fraction of sp³-hybridized carbons (Fsp3) is 0. The highest BCUT2D eigenvalue weighted by molar-refractivity contribution is 8.12. The molecule has 0 aliphatic rings. The van der Waals surface area contributed by atoms with Gasteiger partial charge in [-0.2, -0.15) is 8.42 Å². The molecule has 8 heteroatoms. The zero-order valence-electron chi connectivity index (χ0n) is 8.78. The number of nitrogens with zero attached hydrogens (tertiary/aromatic N) is 2. The smallest absolute Gasteiger partial charge is 0.357 e. The zero-order chi connectivity index (χ0) is 13.3. The van der Waals surface area contributed by atoms with E-state index in [4.69, 9.17) is 10.7 Å². The lowest BCUT2D eigenvalue weighted by atomic mass is 10.1. The molecule has 2 aromatic carbocycles. The van der Waals surface area contributed by atoms with Crippen LogP contribution in [0, 0.1) is 0 Å². The van der Waals surface area contributed by atoms with E-state index in [1.807, 2.05) is 0 Å². The third-order valence-corrected chi connectivity index (χ3v) is 2.67. The van der Waals surface area contributed by atoms with E-state index in [0.717, 1.165) is 6.07 Å². The molecule has 0 fully saturated rings. The summed E-state index contributed by atoms with van der Waals surface area (Å²) in [5.74, 6) is -0.536. The van der Waals surface area contributed by atoms with Gasteiger partial charge in [0.25, 0.3) is 0 Å². The third kappa shape index (κ3) is 2.52. The summed E-state index contributed by atoms with van der Waals surface area (Å²) in [4.78, 5) is 0. The van der Waals surface area contributed by atoms with Crippen LogP contribution in [0.5, 0.6) is 11.5 Å². The largest absolute Gasteiger partial charge is 0.507 e. The maximum atomic E-state index is 10.7. The molecule has 0 amide bonds. The Morgan fingerprint density at radius 1 is 1.06 bits per heavy atom. The van der Waals surface area contributed by atoms with Gasteiger partial charge >= 0.3 is 9.24 Å². The molecule has 0 aromatic heterocycles. The van der Waals surface area contributed by atoms with Gasteiger partial charge in [0, 0.05) is 27.5 Å². The summed E-state index contributed by atoms with van der Waals surface area (Å²) in [6, 6.07) is 7.54. The summed E-state index contributed by atoms with van der Waals surface area (Å²) in [7, 11) is 0.738. The van der Waals surface area contributed by atoms with E-state index in [1.54, 1.807) is 24.3 Å². The number of aromatic hydroxyl groups is 2. The molecule has 0 heterocycles. The second-order valence-electron chi connectivity index (χ2n) is 3.40.